The Kier molecular flexibility index (Phi) is 3.95. The largest absolute Gasteiger partial charge is 0.486 e. The Hall–Kier alpha value is -1.10. The molecule has 0 aliphatic carbocycles. The summed E-state index contributed by atoms with van der Waals surface area (Å²) in [4.78, 5) is 2.30. The maximum absolute atomic E-state index is 11.0. The SMILES string of the molecule is CCc1ccc2c(c1)C(O)C(N1CCOCC1)C(C)(C)O2. The molecule has 0 amide bonds. The van der Waals surface area contributed by atoms with E-state index in [9.17, 15) is 5.11 Å². The first kappa shape index (κ1) is 14.8. The van der Waals surface area contributed by atoms with Crippen LogP contribution in [0, 0.1) is 0 Å². The molecule has 1 fully saturated rings. The summed E-state index contributed by atoms with van der Waals surface area (Å²) in [6.45, 7) is 9.39. The Bertz CT molecular complexity index is 509. The van der Waals surface area contributed by atoms with Crippen molar-refractivity contribution < 1.29 is 14.6 Å². The third-order valence-electron chi connectivity index (χ3n) is 4.62. The Labute approximate surface area is 126 Å². The molecule has 0 radical (unpaired) electrons. The van der Waals surface area contributed by atoms with Gasteiger partial charge in [-0.1, -0.05) is 13.0 Å². The van der Waals surface area contributed by atoms with Crippen LogP contribution in [0.2, 0.25) is 0 Å². The van der Waals surface area contributed by atoms with Crippen LogP contribution in [-0.2, 0) is 11.2 Å². The van der Waals surface area contributed by atoms with Gasteiger partial charge < -0.3 is 14.6 Å². The van der Waals surface area contributed by atoms with Gasteiger partial charge in [-0.3, -0.25) is 4.90 Å². The highest BCUT2D eigenvalue weighted by molar-refractivity contribution is 5.42. The second kappa shape index (κ2) is 5.59. The Morgan fingerprint density at radius 1 is 1.29 bits per heavy atom. The van der Waals surface area contributed by atoms with Gasteiger partial charge in [0.1, 0.15) is 17.5 Å². The lowest BCUT2D eigenvalue weighted by Crippen LogP contribution is -2.60. The number of rotatable bonds is 2. The normalized spacial score (nSPS) is 28.8. The van der Waals surface area contributed by atoms with E-state index in [1.54, 1.807) is 0 Å². The number of aliphatic hydroxyl groups is 1. The van der Waals surface area contributed by atoms with Crippen LogP contribution in [0.4, 0.5) is 0 Å². The van der Waals surface area contributed by atoms with Gasteiger partial charge in [-0.2, -0.15) is 0 Å². The smallest absolute Gasteiger partial charge is 0.126 e. The number of aryl methyl sites for hydroxylation is 1. The minimum Gasteiger partial charge on any atom is -0.486 e. The van der Waals surface area contributed by atoms with Crippen molar-refractivity contribution in [1.29, 1.82) is 0 Å². The minimum absolute atomic E-state index is 0.0407. The molecule has 2 aliphatic heterocycles. The van der Waals surface area contributed by atoms with Gasteiger partial charge in [0.05, 0.1) is 19.3 Å². The molecule has 21 heavy (non-hydrogen) atoms. The van der Waals surface area contributed by atoms with E-state index < -0.39 is 11.7 Å². The van der Waals surface area contributed by atoms with Gasteiger partial charge in [0, 0.05) is 18.7 Å². The van der Waals surface area contributed by atoms with Crippen molar-refractivity contribution in [2.45, 2.75) is 44.9 Å². The first-order valence-corrected chi connectivity index (χ1v) is 7.84. The van der Waals surface area contributed by atoms with Crippen molar-refractivity contribution in [3.63, 3.8) is 0 Å². The molecule has 0 saturated carbocycles. The number of fused-ring (bicyclic) bond motifs is 1. The van der Waals surface area contributed by atoms with Crippen molar-refractivity contribution in [3.05, 3.63) is 29.3 Å². The molecule has 116 valence electrons. The van der Waals surface area contributed by atoms with E-state index in [0.717, 1.165) is 44.0 Å². The molecule has 2 atom stereocenters. The van der Waals surface area contributed by atoms with Crippen LogP contribution in [0.5, 0.6) is 5.75 Å². The number of hydrogen-bond donors (Lipinski definition) is 1. The zero-order chi connectivity index (χ0) is 15.0. The lowest BCUT2D eigenvalue weighted by atomic mass is 9.84. The van der Waals surface area contributed by atoms with Gasteiger partial charge in [-0.05, 0) is 38.0 Å². The summed E-state index contributed by atoms with van der Waals surface area (Å²) in [5, 5.41) is 11.0. The number of aliphatic hydroxyl groups excluding tert-OH is 1. The van der Waals surface area contributed by atoms with E-state index in [-0.39, 0.29) is 6.04 Å². The van der Waals surface area contributed by atoms with Gasteiger partial charge in [0.15, 0.2) is 0 Å². The number of hydrogen-bond acceptors (Lipinski definition) is 4. The summed E-state index contributed by atoms with van der Waals surface area (Å²) >= 11 is 0. The van der Waals surface area contributed by atoms with Gasteiger partial charge in [0.25, 0.3) is 0 Å². The van der Waals surface area contributed by atoms with E-state index in [4.69, 9.17) is 9.47 Å². The summed E-state index contributed by atoms with van der Waals surface area (Å²) in [5.41, 5.74) is 1.74. The molecule has 1 N–H and O–H groups in total. The first-order chi connectivity index (χ1) is 10.0. The molecular formula is C17H25NO3. The topological polar surface area (TPSA) is 41.9 Å². The van der Waals surface area contributed by atoms with Crippen molar-refractivity contribution in [1.82, 2.24) is 4.90 Å². The van der Waals surface area contributed by atoms with Crippen molar-refractivity contribution in [2.75, 3.05) is 26.3 Å². The molecule has 1 aromatic rings. The second-order valence-corrected chi connectivity index (χ2v) is 6.47. The molecule has 4 nitrogen and oxygen atoms in total. The average molecular weight is 291 g/mol. The molecule has 0 spiro atoms. The van der Waals surface area contributed by atoms with Gasteiger partial charge in [-0.15, -0.1) is 0 Å². The van der Waals surface area contributed by atoms with Gasteiger partial charge >= 0.3 is 0 Å². The van der Waals surface area contributed by atoms with Crippen LogP contribution >= 0.6 is 0 Å². The highest BCUT2D eigenvalue weighted by atomic mass is 16.5. The zero-order valence-electron chi connectivity index (χ0n) is 13.1. The fourth-order valence-electron chi connectivity index (χ4n) is 3.53. The lowest BCUT2D eigenvalue weighted by molar-refractivity contribution is -0.106. The number of morpholine rings is 1. The molecule has 4 heteroatoms. The molecule has 2 heterocycles. The quantitative estimate of drug-likeness (QED) is 0.906. The van der Waals surface area contributed by atoms with E-state index in [1.807, 2.05) is 6.07 Å². The van der Waals surface area contributed by atoms with E-state index in [1.165, 1.54) is 5.56 Å². The van der Waals surface area contributed by atoms with Crippen LogP contribution in [0.15, 0.2) is 18.2 Å². The molecule has 2 unspecified atom stereocenters. The third kappa shape index (κ3) is 2.68. The zero-order valence-corrected chi connectivity index (χ0v) is 13.1. The van der Waals surface area contributed by atoms with E-state index in [2.05, 4.69) is 37.8 Å². The van der Waals surface area contributed by atoms with Gasteiger partial charge in [0.2, 0.25) is 0 Å². The molecule has 1 saturated heterocycles. The van der Waals surface area contributed by atoms with E-state index in [0.29, 0.717) is 0 Å². The molecular weight excluding hydrogens is 266 g/mol. The Balaban J connectivity index is 1.96. The van der Waals surface area contributed by atoms with Gasteiger partial charge in [-0.25, -0.2) is 0 Å². The molecule has 0 aromatic heterocycles. The highest BCUT2D eigenvalue weighted by Gasteiger charge is 2.46. The predicted octanol–water partition coefficient (Wildman–Crippen LogP) is 2.15. The summed E-state index contributed by atoms with van der Waals surface area (Å²) in [6, 6.07) is 6.12. The average Bonchev–Trinajstić information content (AvgIpc) is 2.47. The number of ether oxygens (including phenoxy) is 2. The minimum atomic E-state index is -0.520. The highest BCUT2D eigenvalue weighted by Crippen LogP contribution is 2.42. The second-order valence-electron chi connectivity index (χ2n) is 6.47. The molecule has 2 aliphatic rings. The summed E-state index contributed by atoms with van der Waals surface area (Å²) in [5.74, 6) is 0.814. The number of nitrogens with zero attached hydrogens (tertiary/aromatic N) is 1. The molecule has 1 aromatic carbocycles. The van der Waals surface area contributed by atoms with Crippen LogP contribution in [-0.4, -0.2) is 48.0 Å². The third-order valence-corrected chi connectivity index (χ3v) is 4.62. The maximum Gasteiger partial charge on any atom is 0.126 e. The maximum atomic E-state index is 11.0. The molecule has 3 rings (SSSR count). The molecule has 0 bridgehead atoms. The Morgan fingerprint density at radius 2 is 2.00 bits per heavy atom. The van der Waals surface area contributed by atoms with Crippen molar-refractivity contribution >= 4 is 0 Å². The summed E-state index contributed by atoms with van der Waals surface area (Å²) in [7, 11) is 0. The Morgan fingerprint density at radius 3 is 2.67 bits per heavy atom. The van der Waals surface area contributed by atoms with Crippen LogP contribution < -0.4 is 4.74 Å². The first-order valence-electron chi connectivity index (χ1n) is 7.84. The summed E-state index contributed by atoms with van der Waals surface area (Å²) in [6.07, 6.45) is 0.444. The van der Waals surface area contributed by atoms with Crippen molar-refractivity contribution in [2.24, 2.45) is 0 Å². The lowest BCUT2D eigenvalue weighted by Gasteiger charge is -2.49. The fourth-order valence-corrected chi connectivity index (χ4v) is 3.53. The van der Waals surface area contributed by atoms with E-state index >= 15 is 0 Å². The van der Waals surface area contributed by atoms with Crippen molar-refractivity contribution in [3.8, 4) is 5.75 Å². The standard InChI is InChI=1S/C17H25NO3/c1-4-12-5-6-14-13(11-12)15(19)16(17(2,3)21-14)18-7-9-20-10-8-18/h5-6,11,15-16,19H,4,7-10H2,1-3H3. The number of benzene rings is 1. The van der Waals surface area contributed by atoms with Crippen LogP contribution in [0.1, 0.15) is 38.0 Å². The predicted molar refractivity (Wildman–Crippen MR) is 81.7 cm³/mol. The van der Waals surface area contributed by atoms with Crippen LogP contribution in [0.25, 0.3) is 0 Å². The monoisotopic (exact) mass is 291 g/mol. The summed E-state index contributed by atoms with van der Waals surface area (Å²) < 4.78 is 11.6. The van der Waals surface area contributed by atoms with Crippen LogP contribution in [0.3, 0.4) is 0 Å². The fraction of sp³-hybridized carbons (Fsp3) is 0.647.